The second-order valence-corrected chi connectivity index (χ2v) is 10.3. The fraction of sp³-hybridized carbons (Fsp3) is 0.360. The van der Waals surface area contributed by atoms with E-state index in [9.17, 15) is 4.79 Å². The minimum Gasteiger partial charge on any atom is -0.441 e. The zero-order valence-electron chi connectivity index (χ0n) is 19.1. The Bertz CT molecular complexity index is 1110. The third-order valence-corrected chi connectivity index (χ3v) is 7.75. The van der Waals surface area contributed by atoms with Crippen LogP contribution in [0.15, 0.2) is 51.8 Å². The van der Waals surface area contributed by atoms with E-state index in [-0.39, 0.29) is 5.91 Å². The first-order valence-corrected chi connectivity index (χ1v) is 13.7. The summed E-state index contributed by atoms with van der Waals surface area (Å²) in [6, 6.07) is 14.2. The van der Waals surface area contributed by atoms with E-state index in [1.165, 1.54) is 10.5 Å². The van der Waals surface area contributed by atoms with Gasteiger partial charge in [0.25, 0.3) is 0 Å². The molecular weight excluding hydrogens is 474 g/mol. The molecule has 4 rings (SSSR count). The van der Waals surface area contributed by atoms with Crippen LogP contribution < -0.4 is 4.90 Å². The van der Waals surface area contributed by atoms with Crippen molar-refractivity contribution >= 4 is 46.7 Å². The van der Waals surface area contributed by atoms with Gasteiger partial charge in [0, 0.05) is 53.1 Å². The average Bonchev–Trinajstić information content (AvgIpc) is 3.21. The van der Waals surface area contributed by atoms with E-state index in [0.29, 0.717) is 17.4 Å². The van der Waals surface area contributed by atoms with Gasteiger partial charge in [0.2, 0.25) is 11.8 Å². The van der Waals surface area contributed by atoms with Crippen molar-refractivity contribution in [1.29, 1.82) is 0 Å². The van der Waals surface area contributed by atoms with Gasteiger partial charge in [0.15, 0.2) is 0 Å². The van der Waals surface area contributed by atoms with Crippen molar-refractivity contribution in [3.05, 3.63) is 64.5 Å². The molecule has 2 heterocycles. The number of halogens is 1. The maximum absolute atomic E-state index is 12.7. The SMILES string of the molecule is CSc1ccc(-c2nc(CSCC(=O)N3CCN(c4cc(Cl)ccc4C)CC3)c(C)o2)cc1. The lowest BCUT2D eigenvalue weighted by Crippen LogP contribution is -2.49. The molecule has 1 aliphatic rings. The van der Waals surface area contributed by atoms with Gasteiger partial charge >= 0.3 is 0 Å². The lowest BCUT2D eigenvalue weighted by Gasteiger charge is -2.37. The van der Waals surface area contributed by atoms with E-state index in [2.05, 4.69) is 35.2 Å². The molecule has 1 saturated heterocycles. The molecule has 0 N–H and O–H groups in total. The Morgan fingerprint density at radius 1 is 1.09 bits per heavy atom. The van der Waals surface area contributed by atoms with Crippen molar-refractivity contribution in [3.8, 4) is 11.5 Å². The Labute approximate surface area is 208 Å². The standard InChI is InChI=1S/C25H28ClN3O2S2/c1-17-4-7-20(26)14-23(17)28-10-12-29(13-11-28)24(30)16-33-15-22-18(2)31-25(27-22)19-5-8-21(32-3)9-6-19/h4-9,14H,10-13,15-16H2,1-3H3. The normalized spacial score (nSPS) is 14.1. The summed E-state index contributed by atoms with van der Waals surface area (Å²) in [5.74, 6) is 2.72. The quantitative estimate of drug-likeness (QED) is 0.375. The lowest BCUT2D eigenvalue weighted by atomic mass is 10.1. The molecule has 0 bridgehead atoms. The first-order valence-electron chi connectivity index (χ1n) is 10.9. The molecule has 3 aromatic rings. The highest BCUT2D eigenvalue weighted by molar-refractivity contribution is 7.99. The van der Waals surface area contributed by atoms with Crippen LogP contribution in [0.3, 0.4) is 0 Å². The highest BCUT2D eigenvalue weighted by Crippen LogP contribution is 2.27. The van der Waals surface area contributed by atoms with Crippen LogP contribution in [0.2, 0.25) is 5.02 Å². The summed E-state index contributed by atoms with van der Waals surface area (Å²) in [6.45, 7) is 7.12. The van der Waals surface area contributed by atoms with E-state index in [1.807, 2.05) is 42.2 Å². The first-order chi connectivity index (χ1) is 15.9. The van der Waals surface area contributed by atoms with Crippen LogP contribution in [0.1, 0.15) is 17.0 Å². The molecule has 1 aliphatic heterocycles. The number of piperazine rings is 1. The van der Waals surface area contributed by atoms with E-state index in [1.54, 1.807) is 23.5 Å². The summed E-state index contributed by atoms with van der Waals surface area (Å²) in [5.41, 5.74) is 4.23. The van der Waals surface area contributed by atoms with E-state index in [4.69, 9.17) is 16.0 Å². The highest BCUT2D eigenvalue weighted by atomic mass is 35.5. The molecule has 5 nitrogen and oxygen atoms in total. The Balaban J connectivity index is 1.27. The van der Waals surface area contributed by atoms with Gasteiger partial charge in [-0.1, -0.05) is 17.7 Å². The van der Waals surface area contributed by atoms with Crippen LogP contribution in [0.5, 0.6) is 0 Å². The second-order valence-electron chi connectivity index (χ2n) is 8.04. The molecule has 0 aliphatic carbocycles. The Morgan fingerprint density at radius 2 is 1.82 bits per heavy atom. The van der Waals surface area contributed by atoms with Crippen molar-refractivity contribution in [3.63, 3.8) is 0 Å². The highest BCUT2D eigenvalue weighted by Gasteiger charge is 2.22. The molecule has 0 unspecified atom stereocenters. The van der Waals surface area contributed by atoms with Crippen molar-refractivity contribution in [1.82, 2.24) is 9.88 Å². The molecule has 0 saturated carbocycles. The fourth-order valence-corrected chi connectivity index (χ4v) is 5.36. The summed E-state index contributed by atoms with van der Waals surface area (Å²) in [4.78, 5) is 22.9. The number of nitrogens with zero attached hydrogens (tertiary/aromatic N) is 3. The number of thioether (sulfide) groups is 2. The first kappa shape index (κ1) is 24.0. The number of anilines is 1. The van der Waals surface area contributed by atoms with Crippen LogP contribution in [0, 0.1) is 13.8 Å². The van der Waals surface area contributed by atoms with E-state index >= 15 is 0 Å². The average molecular weight is 502 g/mol. The zero-order chi connectivity index (χ0) is 23.4. The van der Waals surface area contributed by atoms with E-state index in [0.717, 1.165) is 53.9 Å². The molecule has 0 spiro atoms. The number of hydrogen-bond donors (Lipinski definition) is 0. The molecule has 174 valence electrons. The molecular formula is C25H28ClN3O2S2. The van der Waals surface area contributed by atoms with Crippen molar-refractivity contribution < 1.29 is 9.21 Å². The maximum Gasteiger partial charge on any atom is 0.232 e. The topological polar surface area (TPSA) is 49.6 Å². The largest absolute Gasteiger partial charge is 0.441 e. The van der Waals surface area contributed by atoms with Crippen molar-refractivity contribution in [2.45, 2.75) is 24.5 Å². The molecule has 0 radical (unpaired) electrons. The third-order valence-electron chi connectivity index (χ3n) is 5.84. The molecule has 1 fully saturated rings. The summed E-state index contributed by atoms with van der Waals surface area (Å²) >= 11 is 9.47. The Morgan fingerprint density at radius 3 is 2.52 bits per heavy atom. The van der Waals surface area contributed by atoms with Gasteiger partial charge in [-0.15, -0.1) is 23.5 Å². The monoisotopic (exact) mass is 501 g/mol. The van der Waals surface area contributed by atoms with Gasteiger partial charge in [0.1, 0.15) is 5.76 Å². The molecule has 2 aromatic carbocycles. The number of amides is 1. The van der Waals surface area contributed by atoms with Gasteiger partial charge < -0.3 is 14.2 Å². The summed E-state index contributed by atoms with van der Waals surface area (Å²) in [7, 11) is 0. The summed E-state index contributed by atoms with van der Waals surface area (Å²) < 4.78 is 5.88. The Kier molecular flexibility index (Phi) is 7.94. The number of aromatic nitrogens is 1. The van der Waals surface area contributed by atoms with Crippen molar-refractivity contribution in [2.75, 3.05) is 43.1 Å². The number of carbonyl (C=O) groups excluding carboxylic acids is 1. The number of aryl methyl sites for hydroxylation is 2. The zero-order valence-corrected chi connectivity index (χ0v) is 21.5. The summed E-state index contributed by atoms with van der Waals surface area (Å²) in [5, 5.41) is 0.744. The number of hydrogen-bond acceptors (Lipinski definition) is 6. The molecule has 0 atom stereocenters. The predicted molar refractivity (Wildman–Crippen MR) is 140 cm³/mol. The lowest BCUT2D eigenvalue weighted by molar-refractivity contribution is -0.128. The fourth-order valence-electron chi connectivity index (χ4n) is 3.87. The Hall–Kier alpha value is -2.09. The third kappa shape index (κ3) is 5.89. The molecule has 33 heavy (non-hydrogen) atoms. The summed E-state index contributed by atoms with van der Waals surface area (Å²) in [6.07, 6.45) is 2.06. The van der Waals surface area contributed by atoms with Gasteiger partial charge in [-0.25, -0.2) is 4.98 Å². The molecule has 1 amide bonds. The number of oxazole rings is 1. The number of carbonyl (C=O) groups is 1. The van der Waals surface area contributed by atoms with Crippen molar-refractivity contribution in [2.24, 2.45) is 0 Å². The van der Waals surface area contributed by atoms with Crippen LogP contribution >= 0.6 is 35.1 Å². The minimum absolute atomic E-state index is 0.177. The van der Waals surface area contributed by atoms with Gasteiger partial charge in [-0.2, -0.15) is 0 Å². The molecule has 8 heteroatoms. The second kappa shape index (κ2) is 10.9. The van der Waals surface area contributed by atoms with Gasteiger partial charge in [0.05, 0.1) is 11.4 Å². The smallest absolute Gasteiger partial charge is 0.232 e. The van der Waals surface area contributed by atoms with Crippen LogP contribution in [-0.2, 0) is 10.5 Å². The molecule has 1 aromatic heterocycles. The number of rotatable bonds is 7. The minimum atomic E-state index is 0.177. The maximum atomic E-state index is 12.7. The predicted octanol–water partition coefficient (Wildman–Crippen LogP) is 5.92. The van der Waals surface area contributed by atoms with Crippen LogP contribution in [0.4, 0.5) is 5.69 Å². The van der Waals surface area contributed by atoms with Crippen LogP contribution in [0.25, 0.3) is 11.5 Å². The van der Waals surface area contributed by atoms with E-state index < -0.39 is 0 Å². The van der Waals surface area contributed by atoms with Crippen LogP contribution in [-0.4, -0.2) is 54.0 Å². The van der Waals surface area contributed by atoms with Gasteiger partial charge in [-0.05, 0) is 62.1 Å². The number of benzene rings is 2. The van der Waals surface area contributed by atoms with Gasteiger partial charge in [-0.3, -0.25) is 4.79 Å².